The van der Waals surface area contributed by atoms with Crippen molar-refractivity contribution in [2.24, 2.45) is 0 Å². The number of halogens is 3. The van der Waals surface area contributed by atoms with Crippen molar-refractivity contribution in [3.63, 3.8) is 0 Å². The number of benzene rings is 2. The fourth-order valence-electron chi connectivity index (χ4n) is 4.66. The van der Waals surface area contributed by atoms with Gasteiger partial charge < -0.3 is 25.0 Å². The molecule has 2 aromatic carbocycles. The zero-order valence-corrected chi connectivity index (χ0v) is 23.3. The highest BCUT2D eigenvalue weighted by Crippen LogP contribution is 2.35. The van der Waals surface area contributed by atoms with E-state index in [-0.39, 0.29) is 23.1 Å². The van der Waals surface area contributed by atoms with Gasteiger partial charge in [0, 0.05) is 31.5 Å². The van der Waals surface area contributed by atoms with Gasteiger partial charge in [-0.05, 0) is 62.1 Å². The molecule has 42 heavy (non-hydrogen) atoms. The number of rotatable bonds is 8. The summed E-state index contributed by atoms with van der Waals surface area (Å²) in [7, 11) is 3.22. The standard InChI is InChI=1S/C29H30F3N7O3/c1-17-7-8-18(27(40)37-22-13-19(29(30,31)32)9-10-24(22)41-3)12-21(17)36-26-25-23(34-16-35-26)14-33-28(38-25)39(2)15-20-6-4-5-11-42-20/h7-10,12-14,16,20H,4-6,11,15H2,1-3H3,(H,37,40)(H,34,35,36). The number of likely N-dealkylation sites (N-methyl/N-ethyl adjacent to an activating group) is 1. The van der Waals surface area contributed by atoms with Crippen LogP contribution in [0.15, 0.2) is 48.9 Å². The monoisotopic (exact) mass is 581 g/mol. The number of nitrogens with zero attached hydrogens (tertiary/aromatic N) is 5. The minimum atomic E-state index is -4.57. The van der Waals surface area contributed by atoms with Gasteiger partial charge in [-0.1, -0.05) is 6.07 Å². The van der Waals surface area contributed by atoms with Crippen molar-refractivity contribution in [2.45, 2.75) is 38.5 Å². The lowest BCUT2D eigenvalue weighted by Crippen LogP contribution is -2.34. The lowest BCUT2D eigenvalue weighted by Gasteiger charge is -2.27. The minimum Gasteiger partial charge on any atom is -0.495 e. The summed E-state index contributed by atoms with van der Waals surface area (Å²) in [5.41, 5.74) is 1.59. The Labute approximate surface area is 240 Å². The van der Waals surface area contributed by atoms with Crippen molar-refractivity contribution in [2.75, 3.05) is 42.8 Å². The van der Waals surface area contributed by atoms with E-state index in [1.54, 1.807) is 24.4 Å². The number of hydrogen-bond donors (Lipinski definition) is 2. The van der Waals surface area contributed by atoms with Gasteiger partial charge in [0.2, 0.25) is 5.95 Å². The first-order valence-corrected chi connectivity index (χ1v) is 13.4. The maximum Gasteiger partial charge on any atom is 0.416 e. The Kier molecular flexibility index (Phi) is 8.39. The third-order valence-corrected chi connectivity index (χ3v) is 6.99. The summed E-state index contributed by atoms with van der Waals surface area (Å²) in [6.07, 6.45) is 1.73. The number of aryl methyl sites for hydroxylation is 1. The van der Waals surface area contributed by atoms with Crippen LogP contribution >= 0.6 is 0 Å². The predicted octanol–water partition coefficient (Wildman–Crippen LogP) is 5.76. The van der Waals surface area contributed by atoms with E-state index in [2.05, 4.69) is 25.6 Å². The molecule has 1 atom stereocenters. The van der Waals surface area contributed by atoms with Crippen molar-refractivity contribution in [1.82, 2.24) is 19.9 Å². The summed E-state index contributed by atoms with van der Waals surface area (Å²) in [6.45, 7) is 3.25. The quantitative estimate of drug-likeness (QED) is 0.268. The number of anilines is 4. The molecule has 13 heteroatoms. The highest BCUT2D eigenvalue weighted by atomic mass is 19.4. The van der Waals surface area contributed by atoms with Crippen molar-refractivity contribution < 1.29 is 27.4 Å². The SMILES string of the molecule is COc1ccc(C(F)(F)F)cc1NC(=O)c1ccc(C)c(Nc2ncnc3cnc(N(C)CC4CCCCO4)nc23)c1. The average molecular weight is 582 g/mol. The zero-order chi connectivity index (χ0) is 29.9. The second-order valence-corrected chi connectivity index (χ2v) is 10.0. The van der Waals surface area contributed by atoms with Crippen LogP contribution in [0.4, 0.5) is 36.3 Å². The maximum absolute atomic E-state index is 13.3. The summed E-state index contributed by atoms with van der Waals surface area (Å²) in [5.74, 6) is 0.393. The van der Waals surface area contributed by atoms with Crippen molar-refractivity contribution in [3.8, 4) is 5.75 Å². The average Bonchev–Trinajstić information content (AvgIpc) is 2.98. The molecule has 220 valence electrons. The second-order valence-electron chi connectivity index (χ2n) is 10.0. The molecule has 0 spiro atoms. The summed E-state index contributed by atoms with van der Waals surface area (Å²) < 4.78 is 50.8. The molecule has 10 nitrogen and oxygen atoms in total. The van der Waals surface area contributed by atoms with Gasteiger partial charge in [0.1, 0.15) is 23.1 Å². The predicted molar refractivity (Wildman–Crippen MR) is 152 cm³/mol. The number of methoxy groups -OCH3 is 1. The third-order valence-electron chi connectivity index (χ3n) is 6.99. The summed E-state index contributed by atoms with van der Waals surface area (Å²) >= 11 is 0. The fourth-order valence-corrected chi connectivity index (χ4v) is 4.66. The fraction of sp³-hybridized carbons (Fsp3) is 0.345. The molecule has 2 N–H and O–H groups in total. The Morgan fingerprint density at radius 3 is 2.69 bits per heavy atom. The van der Waals surface area contributed by atoms with Crippen LogP contribution in [-0.4, -0.2) is 59.3 Å². The van der Waals surface area contributed by atoms with Crippen LogP contribution in [0.2, 0.25) is 0 Å². The van der Waals surface area contributed by atoms with Crippen LogP contribution in [0.25, 0.3) is 11.0 Å². The molecule has 1 saturated heterocycles. The van der Waals surface area contributed by atoms with Crippen LogP contribution in [0.3, 0.4) is 0 Å². The van der Waals surface area contributed by atoms with Gasteiger partial charge in [-0.3, -0.25) is 4.79 Å². The first-order valence-electron chi connectivity index (χ1n) is 13.4. The molecule has 1 aliphatic rings. The molecule has 2 aromatic heterocycles. The van der Waals surface area contributed by atoms with E-state index in [4.69, 9.17) is 14.5 Å². The molecule has 1 amide bonds. The summed E-state index contributed by atoms with van der Waals surface area (Å²) in [5, 5.41) is 5.77. The van der Waals surface area contributed by atoms with Crippen LogP contribution in [-0.2, 0) is 10.9 Å². The number of aromatic nitrogens is 4. The number of amides is 1. The van der Waals surface area contributed by atoms with E-state index in [0.29, 0.717) is 35.0 Å². The molecule has 4 aromatic rings. The molecular formula is C29H30F3N7O3. The second kappa shape index (κ2) is 12.1. The number of carbonyl (C=O) groups excluding carboxylic acids is 1. The Balaban J connectivity index is 1.39. The molecule has 5 rings (SSSR count). The van der Waals surface area contributed by atoms with E-state index in [1.165, 1.54) is 13.4 Å². The van der Waals surface area contributed by atoms with Crippen molar-refractivity contribution >= 4 is 40.1 Å². The highest BCUT2D eigenvalue weighted by Gasteiger charge is 2.31. The van der Waals surface area contributed by atoms with E-state index in [1.807, 2.05) is 18.9 Å². The Hall–Kier alpha value is -4.52. The topological polar surface area (TPSA) is 114 Å². The summed E-state index contributed by atoms with van der Waals surface area (Å²) in [4.78, 5) is 32.9. The largest absolute Gasteiger partial charge is 0.495 e. The Bertz CT molecular complexity index is 1590. The van der Waals surface area contributed by atoms with Gasteiger partial charge in [0.25, 0.3) is 5.91 Å². The maximum atomic E-state index is 13.3. The molecule has 0 bridgehead atoms. The number of hydrogen-bond acceptors (Lipinski definition) is 9. The van der Waals surface area contributed by atoms with Crippen molar-refractivity contribution in [1.29, 1.82) is 0 Å². The summed E-state index contributed by atoms with van der Waals surface area (Å²) in [6, 6.07) is 7.79. The Morgan fingerprint density at radius 2 is 1.95 bits per heavy atom. The van der Waals surface area contributed by atoms with Gasteiger partial charge in [-0.15, -0.1) is 0 Å². The van der Waals surface area contributed by atoms with Crippen molar-refractivity contribution in [3.05, 3.63) is 65.6 Å². The van der Waals surface area contributed by atoms with E-state index in [9.17, 15) is 18.0 Å². The first-order chi connectivity index (χ1) is 20.1. The lowest BCUT2D eigenvalue weighted by atomic mass is 10.1. The smallest absolute Gasteiger partial charge is 0.416 e. The molecule has 1 aliphatic heterocycles. The lowest BCUT2D eigenvalue weighted by molar-refractivity contribution is -0.137. The molecule has 3 heterocycles. The number of alkyl halides is 3. The highest BCUT2D eigenvalue weighted by molar-refractivity contribution is 6.06. The van der Waals surface area contributed by atoms with Gasteiger partial charge in [-0.2, -0.15) is 13.2 Å². The molecule has 0 radical (unpaired) electrons. The molecule has 1 fully saturated rings. The number of nitrogens with one attached hydrogen (secondary N) is 2. The van der Waals surface area contributed by atoms with E-state index in [0.717, 1.165) is 49.6 Å². The molecule has 0 saturated carbocycles. The number of fused-ring (bicyclic) bond motifs is 1. The number of ether oxygens (including phenoxy) is 2. The van der Waals surface area contributed by atoms with Crippen LogP contribution in [0, 0.1) is 6.92 Å². The Morgan fingerprint density at radius 1 is 1.12 bits per heavy atom. The van der Waals surface area contributed by atoms with Gasteiger partial charge in [-0.25, -0.2) is 19.9 Å². The van der Waals surface area contributed by atoms with Crippen LogP contribution in [0.5, 0.6) is 5.75 Å². The normalized spacial score (nSPS) is 15.3. The van der Waals surface area contributed by atoms with Crippen LogP contribution in [0.1, 0.15) is 40.7 Å². The van der Waals surface area contributed by atoms with Crippen LogP contribution < -0.4 is 20.3 Å². The molecule has 0 aliphatic carbocycles. The zero-order valence-electron chi connectivity index (χ0n) is 23.3. The van der Waals surface area contributed by atoms with Gasteiger partial charge >= 0.3 is 6.18 Å². The minimum absolute atomic E-state index is 0.0961. The van der Waals surface area contributed by atoms with Gasteiger partial charge in [0.15, 0.2) is 5.82 Å². The van der Waals surface area contributed by atoms with E-state index >= 15 is 0 Å². The number of carbonyl (C=O) groups is 1. The third kappa shape index (κ3) is 6.51. The van der Waals surface area contributed by atoms with E-state index < -0.39 is 17.6 Å². The molecule has 1 unspecified atom stereocenters. The van der Waals surface area contributed by atoms with Gasteiger partial charge in [0.05, 0.1) is 30.7 Å². The first kappa shape index (κ1) is 29.0. The molecular weight excluding hydrogens is 551 g/mol.